The van der Waals surface area contributed by atoms with Crippen LogP contribution in [0.15, 0.2) is 60.0 Å². The van der Waals surface area contributed by atoms with Gasteiger partial charge >= 0.3 is 0 Å². The van der Waals surface area contributed by atoms with E-state index in [2.05, 4.69) is 16.6 Å². The molecule has 1 fully saturated rings. The Hall–Kier alpha value is -3.37. The van der Waals surface area contributed by atoms with Crippen molar-refractivity contribution >= 4 is 27.5 Å². The molecule has 10 heteroatoms. The van der Waals surface area contributed by atoms with E-state index in [0.717, 1.165) is 0 Å². The van der Waals surface area contributed by atoms with Crippen LogP contribution in [0.25, 0.3) is 0 Å². The van der Waals surface area contributed by atoms with Gasteiger partial charge in [-0.25, -0.2) is 13.1 Å². The van der Waals surface area contributed by atoms with Gasteiger partial charge in [-0.2, -0.15) is 0 Å². The van der Waals surface area contributed by atoms with Crippen molar-refractivity contribution in [1.82, 2.24) is 9.62 Å². The van der Waals surface area contributed by atoms with Crippen LogP contribution < -0.4 is 19.5 Å². The minimum Gasteiger partial charge on any atom is -0.454 e. The van der Waals surface area contributed by atoms with Gasteiger partial charge in [-0.15, -0.1) is 6.58 Å². The van der Waals surface area contributed by atoms with Gasteiger partial charge in [0.2, 0.25) is 22.7 Å². The van der Waals surface area contributed by atoms with Gasteiger partial charge in [0, 0.05) is 42.9 Å². The number of fused-ring (bicyclic) bond motifs is 1. The Bertz CT molecular complexity index is 1170. The molecule has 2 N–H and O–H groups in total. The number of ether oxygens (including phenoxy) is 2. The molecule has 0 atom stereocenters. The Balaban J connectivity index is 1.35. The molecule has 4 rings (SSSR count). The van der Waals surface area contributed by atoms with Crippen LogP contribution in [-0.4, -0.2) is 51.6 Å². The van der Waals surface area contributed by atoms with Crippen molar-refractivity contribution in [3.05, 3.63) is 60.7 Å². The Morgan fingerprint density at radius 1 is 1.09 bits per heavy atom. The molecule has 0 unspecified atom stereocenters. The lowest BCUT2D eigenvalue weighted by atomic mass is 9.95. The Kier molecular flexibility index (Phi) is 6.66. The molecule has 0 spiro atoms. The molecule has 2 amide bonds. The van der Waals surface area contributed by atoms with Crippen molar-refractivity contribution in [2.45, 2.75) is 17.7 Å². The normalized spacial score (nSPS) is 15.8. The maximum Gasteiger partial charge on any atom is 0.253 e. The monoisotopic (exact) mass is 471 g/mol. The first-order valence-electron chi connectivity index (χ1n) is 10.6. The van der Waals surface area contributed by atoms with Gasteiger partial charge < -0.3 is 19.7 Å². The second-order valence-corrected chi connectivity index (χ2v) is 9.56. The number of carbonyl (C=O) groups is 2. The number of nitrogens with one attached hydrogen (secondary N) is 2. The third-order valence-corrected chi connectivity index (χ3v) is 7.02. The number of nitrogens with zero attached hydrogens (tertiary/aromatic N) is 1. The average molecular weight is 472 g/mol. The zero-order valence-corrected chi connectivity index (χ0v) is 18.8. The first-order chi connectivity index (χ1) is 15.9. The smallest absolute Gasteiger partial charge is 0.253 e. The van der Waals surface area contributed by atoms with Gasteiger partial charge in [-0.3, -0.25) is 9.59 Å². The number of anilines is 1. The highest BCUT2D eigenvalue weighted by molar-refractivity contribution is 7.89. The largest absolute Gasteiger partial charge is 0.454 e. The van der Waals surface area contributed by atoms with Gasteiger partial charge in [0.05, 0.1) is 4.90 Å². The molecule has 2 aliphatic heterocycles. The molecule has 2 heterocycles. The SMILES string of the molecule is C=CCNS(=O)(=O)c1cccc(C(=O)N2CCC(C(=O)Nc3ccc4c(c3)OCO4)CC2)c1. The fourth-order valence-corrected chi connectivity index (χ4v) is 4.84. The third kappa shape index (κ3) is 5.18. The van der Waals surface area contributed by atoms with Crippen molar-refractivity contribution in [2.75, 3.05) is 31.7 Å². The van der Waals surface area contributed by atoms with Crippen molar-refractivity contribution in [3.8, 4) is 11.5 Å². The van der Waals surface area contributed by atoms with Gasteiger partial charge in [0.1, 0.15) is 0 Å². The summed E-state index contributed by atoms with van der Waals surface area (Å²) in [5, 5.41) is 2.90. The van der Waals surface area contributed by atoms with E-state index >= 15 is 0 Å². The Morgan fingerprint density at radius 2 is 1.85 bits per heavy atom. The number of benzene rings is 2. The second-order valence-electron chi connectivity index (χ2n) is 7.79. The number of hydrogen-bond donors (Lipinski definition) is 2. The predicted molar refractivity (Wildman–Crippen MR) is 122 cm³/mol. The number of carbonyl (C=O) groups excluding carboxylic acids is 2. The van der Waals surface area contributed by atoms with Crippen molar-refractivity contribution in [2.24, 2.45) is 5.92 Å². The molecule has 2 aliphatic rings. The van der Waals surface area contributed by atoms with Gasteiger partial charge in [0.25, 0.3) is 5.91 Å². The summed E-state index contributed by atoms with van der Waals surface area (Å²) >= 11 is 0. The lowest BCUT2D eigenvalue weighted by Crippen LogP contribution is -2.41. The van der Waals surface area contributed by atoms with E-state index in [1.54, 1.807) is 35.2 Å². The second kappa shape index (κ2) is 9.63. The Morgan fingerprint density at radius 3 is 2.61 bits per heavy atom. The first kappa shape index (κ1) is 22.8. The van der Waals surface area contributed by atoms with Crippen LogP contribution in [0, 0.1) is 5.92 Å². The molecule has 2 aromatic rings. The highest BCUT2D eigenvalue weighted by Crippen LogP contribution is 2.34. The van der Waals surface area contributed by atoms with Gasteiger partial charge in [0.15, 0.2) is 11.5 Å². The van der Waals surface area contributed by atoms with Crippen LogP contribution in [0.2, 0.25) is 0 Å². The van der Waals surface area contributed by atoms with E-state index in [1.807, 2.05) is 0 Å². The van der Waals surface area contributed by atoms with Crippen LogP contribution in [-0.2, 0) is 14.8 Å². The highest BCUT2D eigenvalue weighted by atomic mass is 32.2. The molecular weight excluding hydrogens is 446 g/mol. The van der Waals surface area contributed by atoms with Gasteiger partial charge in [-0.1, -0.05) is 12.1 Å². The number of rotatable bonds is 7. The number of hydrogen-bond acceptors (Lipinski definition) is 6. The minimum absolute atomic E-state index is 0.0215. The molecule has 174 valence electrons. The lowest BCUT2D eigenvalue weighted by Gasteiger charge is -2.31. The molecular formula is C23H25N3O6S. The molecule has 9 nitrogen and oxygen atoms in total. The molecule has 0 aliphatic carbocycles. The zero-order chi connectivity index (χ0) is 23.4. The van der Waals surface area contributed by atoms with E-state index in [0.29, 0.717) is 48.7 Å². The summed E-state index contributed by atoms with van der Waals surface area (Å²) in [5.41, 5.74) is 0.922. The minimum atomic E-state index is -3.72. The van der Waals surface area contributed by atoms with E-state index < -0.39 is 10.0 Å². The third-order valence-electron chi connectivity index (χ3n) is 5.60. The fraction of sp³-hybridized carbons (Fsp3) is 0.304. The van der Waals surface area contributed by atoms with Crippen molar-refractivity contribution < 1.29 is 27.5 Å². The molecule has 33 heavy (non-hydrogen) atoms. The molecule has 0 saturated carbocycles. The van der Waals surface area contributed by atoms with E-state index in [9.17, 15) is 18.0 Å². The number of amides is 2. The molecule has 0 aromatic heterocycles. The maximum absolute atomic E-state index is 12.9. The quantitative estimate of drug-likeness (QED) is 0.600. The number of sulfonamides is 1. The van der Waals surface area contributed by atoms with Crippen LogP contribution in [0.5, 0.6) is 11.5 Å². The van der Waals surface area contributed by atoms with Crippen molar-refractivity contribution in [3.63, 3.8) is 0 Å². The fourth-order valence-electron chi connectivity index (χ4n) is 3.79. The van der Waals surface area contributed by atoms with Gasteiger partial charge in [-0.05, 0) is 43.2 Å². The van der Waals surface area contributed by atoms with Crippen LogP contribution in [0.4, 0.5) is 5.69 Å². The first-order valence-corrected chi connectivity index (χ1v) is 12.1. The van der Waals surface area contributed by atoms with E-state index in [-0.39, 0.29) is 36.0 Å². The zero-order valence-electron chi connectivity index (χ0n) is 18.0. The summed E-state index contributed by atoms with van der Waals surface area (Å²) in [4.78, 5) is 27.3. The molecule has 1 saturated heterocycles. The van der Waals surface area contributed by atoms with Crippen LogP contribution in [0.1, 0.15) is 23.2 Å². The summed E-state index contributed by atoms with van der Waals surface area (Å²) < 4.78 is 37.7. The summed E-state index contributed by atoms with van der Waals surface area (Å²) in [7, 11) is -3.72. The molecule has 2 aromatic carbocycles. The topological polar surface area (TPSA) is 114 Å². The molecule has 0 bridgehead atoms. The van der Waals surface area contributed by atoms with Crippen LogP contribution >= 0.6 is 0 Å². The summed E-state index contributed by atoms with van der Waals surface area (Å²) in [5.74, 6) is 0.646. The predicted octanol–water partition coefficient (Wildman–Crippen LogP) is 2.37. The lowest BCUT2D eigenvalue weighted by molar-refractivity contribution is -0.121. The maximum atomic E-state index is 12.9. The molecule has 0 radical (unpaired) electrons. The van der Waals surface area contributed by atoms with Crippen LogP contribution in [0.3, 0.4) is 0 Å². The number of piperidine rings is 1. The summed E-state index contributed by atoms with van der Waals surface area (Å²) in [6.45, 7) is 4.57. The standard InChI is InChI=1S/C23H25N3O6S/c1-2-10-24-33(29,30)19-5-3-4-17(13-19)23(28)26-11-8-16(9-12-26)22(27)25-18-6-7-20-21(14-18)32-15-31-20/h2-7,13-14,16,24H,1,8-12,15H2,(H,25,27). The Labute approximate surface area is 192 Å². The number of likely N-dealkylation sites (tertiary alicyclic amines) is 1. The summed E-state index contributed by atoms with van der Waals surface area (Å²) in [6.07, 6.45) is 2.47. The summed E-state index contributed by atoms with van der Waals surface area (Å²) in [6, 6.07) is 11.2. The van der Waals surface area contributed by atoms with Crippen molar-refractivity contribution in [1.29, 1.82) is 0 Å². The highest BCUT2D eigenvalue weighted by Gasteiger charge is 2.28. The average Bonchev–Trinajstić information content (AvgIpc) is 3.30. The van der Waals surface area contributed by atoms with E-state index in [1.165, 1.54) is 18.2 Å². The van der Waals surface area contributed by atoms with E-state index in [4.69, 9.17) is 9.47 Å².